The van der Waals surface area contributed by atoms with Crippen LogP contribution in [0, 0.1) is 11.7 Å². The van der Waals surface area contributed by atoms with E-state index in [4.69, 9.17) is 23.8 Å². The lowest BCUT2D eigenvalue weighted by molar-refractivity contribution is -0.121. The number of aryl methyl sites for hydroxylation is 1. The zero-order valence-corrected chi connectivity index (χ0v) is 16.8. The SMILES string of the molecule is Cc1ccc(-c2n[nH]c(=S)n2CCC(=O)NC(C)c2ccccc2Cl)cc1. The molecule has 1 aromatic heterocycles. The van der Waals surface area contributed by atoms with Crippen LogP contribution in [0.3, 0.4) is 0 Å². The molecule has 0 bridgehead atoms. The molecule has 0 fully saturated rings. The Morgan fingerprint density at radius 2 is 1.96 bits per heavy atom. The zero-order chi connectivity index (χ0) is 19.4. The average molecular weight is 401 g/mol. The Labute approximate surface area is 168 Å². The molecule has 3 aromatic rings. The molecule has 0 aliphatic rings. The second-order valence-corrected chi connectivity index (χ2v) is 7.22. The monoisotopic (exact) mass is 400 g/mol. The summed E-state index contributed by atoms with van der Waals surface area (Å²) in [5.41, 5.74) is 3.03. The summed E-state index contributed by atoms with van der Waals surface area (Å²) in [7, 11) is 0. The lowest BCUT2D eigenvalue weighted by Gasteiger charge is -2.16. The smallest absolute Gasteiger partial charge is 0.222 e. The summed E-state index contributed by atoms with van der Waals surface area (Å²) in [6.07, 6.45) is 0.293. The molecule has 0 aliphatic heterocycles. The summed E-state index contributed by atoms with van der Waals surface area (Å²) < 4.78 is 2.34. The fourth-order valence-corrected chi connectivity index (χ4v) is 3.40. The van der Waals surface area contributed by atoms with Crippen molar-refractivity contribution in [2.75, 3.05) is 0 Å². The number of nitrogens with one attached hydrogen (secondary N) is 2. The minimum Gasteiger partial charge on any atom is -0.349 e. The Morgan fingerprint density at radius 1 is 1.26 bits per heavy atom. The predicted molar refractivity (Wildman–Crippen MR) is 110 cm³/mol. The molecular weight excluding hydrogens is 380 g/mol. The molecule has 1 amide bonds. The first-order valence-electron chi connectivity index (χ1n) is 8.71. The van der Waals surface area contributed by atoms with E-state index < -0.39 is 0 Å². The number of H-pyrrole nitrogens is 1. The van der Waals surface area contributed by atoms with Gasteiger partial charge in [0, 0.05) is 23.6 Å². The molecule has 5 nitrogen and oxygen atoms in total. The highest BCUT2D eigenvalue weighted by molar-refractivity contribution is 7.71. The number of nitrogens with zero attached hydrogens (tertiary/aromatic N) is 2. The van der Waals surface area contributed by atoms with Gasteiger partial charge in [-0.05, 0) is 37.7 Å². The third kappa shape index (κ3) is 4.64. The van der Waals surface area contributed by atoms with Gasteiger partial charge < -0.3 is 5.32 Å². The Balaban J connectivity index is 1.67. The average Bonchev–Trinajstić information content (AvgIpc) is 3.01. The molecule has 0 saturated heterocycles. The fraction of sp³-hybridized carbons (Fsp3) is 0.250. The van der Waals surface area contributed by atoms with E-state index in [1.54, 1.807) is 0 Å². The van der Waals surface area contributed by atoms with Crippen molar-refractivity contribution >= 4 is 29.7 Å². The zero-order valence-electron chi connectivity index (χ0n) is 15.2. The number of benzene rings is 2. The van der Waals surface area contributed by atoms with E-state index in [0.717, 1.165) is 17.0 Å². The molecule has 0 saturated carbocycles. The Morgan fingerprint density at radius 3 is 2.67 bits per heavy atom. The highest BCUT2D eigenvalue weighted by Crippen LogP contribution is 2.22. The van der Waals surface area contributed by atoms with Crippen molar-refractivity contribution in [3.63, 3.8) is 0 Å². The second-order valence-electron chi connectivity index (χ2n) is 6.43. The summed E-state index contributed by atoms with van der Waals surface area (Å²) in [5.74, 6) is 0.660. The molecule has 7 heteroatoms. The van der Waals surface area contributed by atoms with Crippen LogP contribution >= 0.6 is 23.8 Å². The Bertz CT molecular complexity index is 994. The topological polar surface area (TPSA) is 62.7 Å². The van der Waals surface area contributed by atoms with Crippen molar-refractivity contribution in [2.24, 2.45) is 0 Å². The first kappa shape index (κ1) is 19.3. The van der Waals surface area contributed by atoms with Gasteiger partial charge in [0.15, 0.2) is 10.6 Å². The van der Waals surface area contributed by atoms with Crippen LogP contribution in [0.25, 0.3) is 11.4 Å². The molecule has 1 unspecified atom stereocenters. The minimum atomic E-state index is -0.167. The molecule has 27 heavy (non-hydrogen) atoms. The lowest BCUT2D eigenvalue weighted by atomic mass is 10.1. The van der Waals surface area contributed by atoms with Crippen molar-refractivity contribution < 1.29 is 4.79 Å². The molecule has 0 radical (unpaired) electrons. The lowest BCUT2D eigenvalue weighted by Crippen LogP contribution is -2.27. The van der Waals surface area contributed by atoms with Crippen LogP contribution in [0.4, 0.5) is 0 Å². The standard InChI is InChI=1S/C20H21ClN4OS/c1-13-7-9-15(10-8-13)19-23-24-20(27)25(19)12-11-18(26)22-14(2)16-5-3-4-6-17(16)21/h3-10,14H,11-12H2,1-2H3,(H,22,26)(H,24,27). The van der Waals surface area contributed by atoms with E-state index in [-0.39, 0.29) is 11.9 Å². The number of carbonyl (C=O) groups excluding carboxylic acids is 1. The van der Waals surface area contributed by atoms with Gasteiger partial charge in [0.25, 0.3) is 0 Å². The Hall–Kier alpha value is -2.44. The molecule has 1 heterocycles. The molecule has 0 aliphatic carbocycles. The van der Waals surface area contributed by atoms with Crippen molar-refractivity contribution in [1.29, 1.82) is 0 Å². The number of hydrogen-bond donors (Lipinski definition) is 2. The summed E-state index contributed by atoms with van der Waals surface area (Å²) in [4.78, 5) is 12.4. The number of amides is 1. The van der Waals surface area contributed by atoms with Crippen molar-refractivity contribution in [2.45, 2.75) is 32.9 Å². The van der Waals surface area contributed by atoms with Gasteiger partial charge in [0.1, 0.15) is 0 Å². The van der Waals surface area contributed by atoms with E-state index in [9.17, 15) is 4.79 Å². The maximum absolute atomic E-state index is 12.4. The van der Waals surface area contributed by atoms with Crippen molar-refractivity contribution in [3.8, 4) is 11.4 Å². The fourth-order valence-electron chi connectivity index (χ4n) is 2.88. The van der Waals surface area contributed by atoms with E-state index in [1.165, 1.54) is 5.56 Å². The highest BCUT2D eigenvalue weighted by atomic mass is 35.5. The molecule has 3 rings (SSSR count). The van der Waals surface area contributed by atoms with E-state index in [1.807, 2.05) is 66.9 Å². The van der Waals surface area contributed by atoms with Gasteiger partial charge in [-0.15, -0.1) is 0 Å². The summed E-state index contributed by atoms with van der Waals surface area (Å²) >= 11 is 11.5. The van der Waals surface area contributed by atoms with Crippen LogP contribution < -0.4 is 5.32 Å². The second kappa shape index (κ2) is 8.50. The van der Waals surface area contributed by atoms with Gasteiger partial charge in [-0.3, -0.25) is 14.5 Å². The largest absolute Gasteiger partial charge is 0.349 e. The van der Waals surface area contributed by atoms with Gasteiger partial charge in [-0.25, -0.2) is 0 Å². The molecule has 1 atom stereocenters. The van der Waals surface area contributed by atoms with E-state index >= 15 is 0 Å². The highest BCUT2D eigenvalue weighted by Gasteiger charge is 2.14. The molecule has 0 spiro atoms. The van der Waals surface area contributed by atoms with E-state index in [2.05, 4.69) is 15.5 Å². The van der Waals surface area contributed by atoms with Gasteiger partial charge in [-0.2, -0.15) is 5.10 Å². The first-order valence-corrected chi connectivity index (χ1v) is 9.50. The van der Waals surface area contributed by atoms with Crippen LogP contribution in [0.1, 0.15) is 30.5 Å². The van der Waals surface area contributed by atoms with Crippen LogP contribution in [-0.2, 0) is 11.3 Å². The number of carbonyl (C=O) groups is 1. The van der Waals surface area contributed by atoms with Gasteiger partial charge in [-0.1, -0.05) is 59.6 Å². The maximum atomic E-state index is 12.4. The van der Waals surface area contributed by atoms with Crippen LogP contribution in [-0.4, -0.2) is 20.7 Å². The molecular formula is C20H21ClN4OS. The summed E-state index contributed by atoms with van der Waals surface area (Å²) in [6, 6.07) is 15.4. The van der Waals surface area contributed by atoms with E-state index in [0.29, 0.717) is 22.8 Å². The van der Waals surface area contributed by atoms with Crippen molar-refractivity contribution in [3.05, 3.63) is 69.5 Å². The first-order chi connectivity index (χ1) is 13.0. The van der Waals surface area contributed by atoms with Gasteiger partial charge >= 0.3 is 0 Å². The summed E-state index contributed by atoms with van der Waals surface area (Å²) in [6.45, 7) is 4.39. The van der Waals surface area contributed by atoms with Gasteiger partial charge in [0.2, 0.25) is 5.91 Å². The number of rotatable bonds is 6. The minimum absolute atomic E-state index is 0.0691. The predicted octanol–water partition coefficient (Wildman–Crippen LogP) is 4.84. The number of halogens is 1. The third-order valence-electron chi connectivity index (χ3n) is 4.38. The van der Waals surface area contributed by atoms with Crippen LogP contribution in [0.15, 0.2) is 48.5 Å². The van der Waals surface area contributed by atoms with Crippen LogP contribution in [0.5, 0.6) is 0 Å². The summed E-state index contributed by atoms with van der Waals surface area (Å²) in [5, 5.41) is 10.8. The molecule has 140 valence electrons. The van der Waals surface area contributed by atoms with Crippen LogP contribution in [0.2, 0.25) is 5.02 Å². The molecule has 2 N–H and O–H groups in total. The van der Waals surface area contributed by atoms with Crippen molar-refractivity contribution in [1.82, 2.24) is 20.1 Å². The third-order valence-corrected chi connectivity index (χ3v) is 5.04. The molecule has 2 aromatic carbocycles. The number of hydrogen-bond acceptors (Lipinski definition) is 3. The number of aromatic amines is 1. The normalized spacial score (nSPS) is 12.0. The van der Waals surface area contributed by atoms with Gasteiger partial charge in [0.05, 0.1) is 6.04 Å². The Kier molecular flexibility index (Phi) is 6.08. The quantitative estimate of drug-likeness (QED) is 0.582. The number of aromatic nitrogens is 3. The maximum Gasteiger partial charge on any atom is 0.222 e.